The summed E-state index contributed by atoms with van der Waals surface area (Å²) in [6.07, 6.45) is 0.530. The van der Waals surface area contributed by atoms with Crippen molar-refractivity contribution in [3.63, 3.8) is 0 Å². The van der Waals surface area contributed by atoms with Crippen LogP contribution in [0, 0.1) is 11.2 Å². The van der Waals surface area contributed by atoms with Gasteiger partial charge in [0, 0.05) is 6.07 Å². The number of halogens is 1. The summed E-state index contributed by atoms with van der Waals surface area (Å²) in [5.74, 6) is 0.611. The van der Waals surface area contributed by atoms with Crippen LogP contribution in [0.25, 0.3) is 0 Å². The number of hydrazine groups is 3. The number of methoxy groups -OCH3 is 2. The van der Waals surface area contributed by atoms with E-state index >= 15 is 0 Å². The van der Waals surface area contributed by atoms with Gasteiger partial charge in [-0.15, -0.1) is 5.53 Å². The maximum Gasteiger partial charge on any atom is 0.209 e. The van der Waals surface area contributed by atoms with Crippen LogP contribution < -0.4 is 36.7 Å². The summed E-state index contributed by atoms with van der Waals surface area (Å²) < 4.78 is 24.1. The molecular formula is C17H23FN6O2. The molecule has 0 spiro atoms. The van der Waals surface area contributed by atoms with Gasteiger partial charge in [0.25, 0.3) is 0 Å². The number of nitrogens with one attached hydrogen (secondary N) is 4. The van der Waals surface area contributed by atoms with Gasteiger partial charge < -0.3 is 20.6 Å². The molecule has 26 heavy (non-hydrogen) atoms. The summed E-state index contributed by atoms with van der Waals surface area (Å²) in [5, 5.41) is 8.98. The zero-order valence-electron chi connectivity index (χ0n) is 14.9. The molecule has 0 fully saturated rings. The first kappa shape index (κ1) is 19.3. The van der Waals surface area contributed by atoms with E-state index in [1.165, 1.54) is 17.1 Å². The average molecular weight is 362 g/mol. The normalized spacial score (nSPS) is 10.3. The van der Waals surface area contributed by atoms with E-state index in [1.807, 2.05) is 6.92 Å². The van der Waals surface area contributed by atoms with Gasteiger partial charge >= 0.3 is 0 Å². The van der Waals surface area contributed by atoms with Crippen molar-refractivity contribution in [3.8, 4) is 11.5 Å². The molecule has 140 valence electrons. The van der Waals surface area contributed by atoms with Gasteiger partial charge in [-0.05, 0) is 42.3 Å². The Morgan fingerprint density at radius 1 is 1.15 bits per heavy atom. The van der Waals surface area contributed by atoms with E-state index in [-0.39, 0.29) is 11.8 Å². The van der Waals surface area contributed by atoms with E-state index in [9.17, 15) is 4.39 Å². The maximum atomic E-state index is 13.7. The lowest BCUT2D eigenvalue weighted by Gasteiger charge is -2.24. The summed E-state index contributed by atoms with van der Waals surface area (Å²) in [5.41, 5.74) is 15.7. The van der Waals surface area contributed by atoms with Gasteiger partial charge in [-0.25, -0.2) is 9.40 Å². The van der Waals surface area contributed by atoms with E-state index in [0.29, 0.717) is 34.9 Å². The van der Waals surface area contributed by atoms with Gasteiger partial charge in [0.15, 0.2) is 11.5 Å². The van der Waals surface area contributed by atoms with Crippen molar-refractivity contribution in [1.29, 1.82) is 5.41 Å². The average Bonchev–Trinajstić information content (AvgIpc) is 2.65. The van der Waals surface area contributed by atoms with E-state index in [0.717, 1.165) is 0 Å². The van der Waals surface area contributed by atoms with Crippen molar-refractivity contribution in [3.05, 3.63) is 47.8 Å². The second-order valence-electron chi connectivity index (χ2n) is 5.28. The number of nitrogens with two attached hydrogens (primary N) is 1. The van der Waals surface area contributed by atoms with Crippen molar-refractivity contribution in [2.24, 2.45) is 5.73 Å². The second-order valence-corrected chi connectivity index (χ2v) is 5.28. The lowest BCUT2D eigenvalue weighted by molar-refractivity contribution is 0.355. The van der Waals surface area contributed by atoms with Crippen LogP contribution in [0.1, 0.15) is 12.5 Å². The Kier molecular flexibility index (Phi) is 6.59. The van der Waals surface area contributed by atoms with Gasteiger partial charge in [0.2, 0.25) is 5.96 Å². The first-order chi connectivity index (χ1) is 12.5. The van der Waals surface area contributed by atoms with Crippen molar-refractivity contribution in [2.45, 2.75) is 13.3 Å². The van der Waals surface area contributed by atoms with Crippen LogP contribution in [0.5, 0.6) is 11.5 Å². The number of guanidine groups is 1. The summed E-state index contributed by atoms with van der Waals surface area (Å²) in [4.78, 5) is 0. The molecule has 0 atom stereocenters. The molecule has 0 amide bonds. The van der Waals surface area contributed by atoms with Gasteiger partial charge in [-0.3, -0.25) is 5.41 Å². The minimum atomic E-state index is -0.295. The predicted molar refractivity (Wildman–Crippen MR) is 99.6 cm³/mol. The lowest BCUT2D eigenvalue weighted by atomic mass is 10.1. The fraction of sp³-hybridized carbons (Fsp3) is 0.235. The van der Waals surface area contributed by atoms with Crippen LogP contribution in [0.2, 0.25) is 0 Å². The zero-order chi connectivity index (χ0) is 19.1. The van der Waals surface area contributed by atoms with E-state index < -0.39 is 0 Å². The van der Waals surface area contributed by atoms with Crippen LogP contribution in [-0.4, -0.2) is 20.2 Å². The monoisotopic (exact) mass is 362 g/mol. The number of hydrogen-bond donors (Lipinski definition) is 5. The van der Waals surface area contributed by atoms with E-state index in [4.69, 9.17) is 20.6 Å². The third-order valence-electron chi connectivity index (χ3n) is 3.67. The molecule has 0 saturated heterocycles. The molecule has 2 aromatic carbocycles. The Morgan fingerprint density at radius 2 is 1.88 bits per heavy atom. The Morgan fingerprint density at radius 3 is 2.50 bits per heavy atom. The smallest absolute Gasteiger partial charge is 0.209 e. The summed E-state index contributed by atoms with van der Waals surface area (Å²) >= 11 is 0. The molecule has 0 aromatic heterocycles. The van der Waals surface area contributed by atoms with Gasteiger partial charge in [-0.1, -0.05) is 6.92 Å². The molecule has 0 radical (unpaired) electrons. The van der Waals surface area contributed by atoms with Crippen molar-refractivity contribution in [2.75, 3.05) is 24.7 Å². The number of hydrogen-bond acceptors (Lipinski definition) is 6. The minimum Gasteiger partial charge on any atom is -0.493 e. The molecule has 0 unspecified atom stereocenters. The van der Waals surface area contributed by atoms with Crippen LogP contribution in [0.15, 0.2) is 36.4 Å². The third kappa shape index (κ3) is 4.52. The molecule has 0 aliphatic carbocycles. The molecule has 9 heteroatoms. The fourth-order valence-electron chi connectivity index (χ4n) is 2.31. The maximum absolute atomic E-state index is 13.7. The number of rotatable bonds is 8. The van der Waals surface area contributed by atoms with Gasteiger partial charge in [0.1, 0.15) is 5.82 Å². The Balaban J connectivity index is 2.07. The number of aryl methyl sites for hydroxylation is 1. The van der Waals surface area contributed by atoms with Crippen molar-refractivity contribution < 1.29 is 13.9 Å². The fourth-order valence-corrected chi connectivity index (χ4v) is 2.31. The molecule has 0 saturated carbocycles. The summed E-state index contributed by atoms with van der Waals surface area (Å²) in [7, 11) is 3.10. The van der Waals surface area contributed by atoms with E-state index in [2.05, 4.69) is 16.5 Å². The number of ether oxygens (including phenoxy) is 2. The number of anilines is 2. The molecule has 0 bridgehead atoms. The van der Waals surface area contributed by atoms with Crippen molar-refractivity contribution in [1.82, 2.24) is 11.1 Å². The van der Waals surface area contributed by atoms with Crippen molar-refractivity contribution >= 4 is 17.3 Å². The molecular weight excluding hydrogens is 339 g/mol. The highest BCUT2D eigenvalue weighted by molar-refractivity contribution is 5.91. The largest absolute Gasteiger partial charge is 0.493 e. The first-order valence-corrected chi connectivity index (χ1v) is 7.91. The zero-order valence-corrected chi connectivity index (χ0v) is 14.9. The van der Waals surface area contributed by atoms with Gasteiger partial charge in [0.05, 0.1) is 25.6 Å². The molecule has 2 rings (SSSR count). The lowest BCUT2D eigenvalue weighted by Crippen LogP contribution is -2.54. The Hall–Kier alpha value is -3.04. The molecule has 6 N–H and O–H groups in total. The quantitative estimate of drug-likeness (QED) is 0.278. The Labute approximate surface area is 151 Å². The highest BCUT2D eigenvalue weighted by atomic mass is 19.1. The van der Waals surface area contributed by atoms with Crippen LogP contribution in [-0.2, 0) is 6.42 Å². The predicted octanol–water partition coefficient (Wildman–Crippen LogP) is 2.14. The number of nitrogens with zero attached hydrogens (tertiary/aromatic N) is 1. The molecule has 8 nitrogen and oxygen atoms in total. The summed E-state index contributed by atoms with van der Waals surface area (Å²) in [6.45, 7) is 1.85. The third-order valence-corrected chi connectivity index (χ3v) is 3.67. The summed E-state index contributed by atoms with van der Waals surface area (Å²) in [6, 6.07) is 9.76. The Bertz CT molecular complexity index is 771. The van der Waals surface area contributed by atoms with Gasteiger partial charge in [-0.2, -0.15) is 5.53 Å². The SMILES string of the molecule is CCc1cc(N(NNNc2ccc(OC)c(OC)c2)C(=N)N)ccc1F. The van der Waals surface area contributed by atoms with Crippen LogP contribution in [0.4, 0.5) is 15.8 Å². The molecule has 0 heterocycles. The molecule has 0 aliphatic heterocycles. The second kappa shape index (κ2) is 8.88. The molecule has 2 aromatic rings. The van der Waals surface area contributed by atoms with E-state index in [1.54, 1.807) is 38.5 Å². The molecule has 0 aliphatic rings. The standard InChI is InChI=1S/C17H23FN6O2/c1-4-11-9-13(6-7-14(11)18)24(17(19)20)23-22-21-12-5-8-15(25-2)16(10-12)26-3/h5-10,21-23H,4H2,1-3H3,(H3,19,20). The number of benzene rings is 2. The highest BCUT2D eigenvalue weighted by Gasteiger charge is 2.12. The van der Waals surface area contributed by atoms with Crippen LogP contribution >= 0.6 is 0 Å². The minimum absolute atomic E-state index is 0.264. The topological polar surface area (TPSA) is 108 Å². The first-order valence-electron chi connectivity index (χ1n) is 7.91. The highest BCUT2D eigenvalue weighted by Crippen LogP contribution is 2.29. The van der Waals surface area contributed by atoms with Crippen LogP contribution in [0.3, 0.4) is 0 Å².